The van der Waals surface area contributed by atoms with E-state index >= 15 is 0 Å². The molecule has 0 radical (unpaired) electrons. The SMILES string of the molecule is O=C(O)C1(NS(=O)(=O)c2ccc(F)c3occc23)CCOCC1. The van der Waals surface area contributed by atoms with Gasteiger partial charge in [-0.3, -0.25) is 4.79 Å². The minimum Gasteiger partial charge on any atom is -0.480 e. The second-order valence-corrected chi connectivity index (χ2v) is 6.96. The second-order valence-electron chi connectivity index (χ2n) is 5.31. The summed E-state index contributed by atoms with van der Waals surface area (Å²) < 4.78 is 51.2. The molecule has 1 aliphatic rings. The van der Waals surface area contributed by atoms with E-state index in [0.29, 0.717) is 0 Å². The molecule has 0 bridgehead atoms. The van der Waals surface area contributed by atoms with Crippen LogP contribution in [0.15, 0.2) is 33.8 Å². The Morgan fingerprint density at radius 2 is 1.96 bits per heavy atom. The Morgan fingerprint density at radius 3 is 2.61 bits per heavy atom. The van der Waals surface area contributed by atoms with Crippen LogP contribution in [0.4, 0.5) is 4.39 Å². The molecule has 7 nitrogen and oxygen atoms in total. The third kappa shape index (κ3) is 2.71. The Kier molecular flexibility index (Phi) is 3.86. The molecule has 124 valence electrons. The zero-order valence-corrected chi connectivity index (χ0v) is 12.7. The van der Waals surface area contributed by atoms with Crippen molar-refractivity contribution in [2.75, 3.05) is 13.2 Å². The lowest BCUT2D eigenvalue weighted by Crippen LogP contribution is -2.57. The molecule has 1 aromatic heterocycles. The number of carbonyl (C=O) groups is 1. The first-order valence-electron chi connectivity index (χ1n) is 6.87. The molecule has 1 aliphatic heterocycles. The van der Waals surface area contributed by atoms with Crippen molar-refractivity contribution in [2.45, 2.75) is 23.3 Å². The smallest absolute Gasteiger partial charge is 0.325 e. The number of hydrogen-bond acceptors (Lipinski definition) is 5. The van der Waals surface area contributed by atoms with E-state index in [2.05, 4.69) is 4.72 Å². The highest BCUT2D eigenvalue weighted by molar-refractivity contribution is 7.89. The third-order valence-electron chi connectivity index (χ3n) is 3.90. The highest BCUT2D eigenvalue weighted by Gasteiger charge is 2.44. The van der Waals surface area contributed by atoms with Crippen LogP contribution < -0.4 is 4.72 Å². The number of hydrogen-bond donors (Lipinski definition) is 2. The van der Waals surface area contributed by atoms with Gasteiger partial charge >= 0.3 is 5.97 Å². The van der Waals surface area contributed by atoms with Crippen LogP contribution in [-0.4, -0.2) is 38.2 Å². The van der Waals surface area contributed by atoms with E-state index in [1.807, 2.05) is 0 Å². The first kappa shape index (κ1) is 15.9. The van der Waals surface area contributed by atoms with Gasteiger partial charge in [0.15, 0.2) is 11.4 Å². The molecule has 23 heavy (non-hydrogen) atoms. The normalized spacial score (nSPS) is 18.1. The van der Waals surface area contributed by atoms with Gasteiger partial charge in [0.05, 0.1) is 11.2 Å². The standard InChI is InChI=1S/C14H14FNO6S/c15-10-1-2-11(9-3-6-22-12(9)10)23(19,20)16-14(13(17)18)4-7-21-8-5-14/h1-3,6,16H,4-5,7-8H2,(H,17,18). The van der Waals surface area contributed by atoms with Gasteiger partial charge in [-0.25, -0.2) is 12.8 Å². The molecule has 0 aliphatic carbocycles. The largest absolute Gasteiger partial charge is 0.480 e. The molecule has 1 fully saturated rings. The van der Waals surface area contributed by atoms with Gasteiger partial charge in [-0.15, -0.1) is 0 Å². The summed E-state index contributed by atoms with van der Waals surface area (Å²) in [5.74, 6) is -1.96. The quantitative estimate of drug-likeness (QED) is 0.871. The summed E-state index contributed by atoms with van der Waals surface area (Å²) in [5, 5.41) is 9.52. The molecule has 9 heteroatoms. The second kappa shape index (κ2) is 5.59. The van der Waals surface area contributed by atoms with Crippen LogP contribution in [0.3, 0.4) is 0 Å². The molecule has 2 aromatic rings. The summed E-state index contributed by atoms with van der Waals surface area (Å²) in [6.45, 7) is 0.277. The minimum atomic E-state index is -4.19. The van der Waals surface area contributed by atoms with Gasteiger partial charge in [0, 0.05) is 31.4 Å². The van der Waals surface area contributed by atoms with E-state index in [1.165, 1.54) is 12.3 Å². The topological polar surface area (TPSA) is 106 Å². The van der Waals surface area contributed by atoms with Gasteiger partial charge in [-0.05, 0) is 18.2 Å². The maximum atomic E-state index is 13.6. The zero-order chi connectivity index (χ0) is 16.7. The number of halogens is 1. The van der Waals surface area contributed by atoms with Crippen LogP contribution in [0.1, 0.15) is 12.8 Å². The fraction of sp³-hybridized carbons (Fsp3) is 0.357. The van der Waals surface area contributed by atoms with Crippen LogP contribution in [0, 0.1) is 5.82 Å². The zero-order valence-electron chi connectivity index (χ0n) is 11.9. The third-order valence-corrected chi connectivity index (χ3v) is 5.50. The van der Waals surface area contributed by atoms with E-state index in [9.17, 15) is 22.7 Å². The lowest BCUT2D eigenvalue weighted by molar-refractivity contribution is -0.147. The molecule has 2 heterocycles. The van der Waals surface area contributed by atoms with Crippen molar-refractivity contribution in [1.82, 2.24) is 4.72 Å². The maximum absolute atomic E-state index is 13.6. The number of nitrogens with one attached hydrogen (secondary N) is 1. The van der Waals surface area contributed by atoms with Gasteiger partial charge in [-0.2, -0.15) is 4.72 Å². The summed E-state index contributed by atoms with van der Waals surface area (Å²) >= 11 is 0. The van der Waals surface area contributed by atoms with Gasteiger partial charge in [0.25, 0.3) is 0 Å². The Hall–Kier alpha value is -1.97. The summed E-state index contributed by atoms with van der Waals surface area (Å²) in [4.78, 5) is 11.4. The van der Waals surface area contributed by atoms with Crippen molar-refractivity contribution in [3.63, 3.8) is 0 Å². The van der Waals surface area contributed by atoms with Gasteiger partial charge in [0.1, 0.15) is 5.54 Å². The molecule has 1 saturated heterocycles. The van der Waals surface area contributed by atoms with E-state index < -0.39 is 27.3 Å². The summed E-state index contributed by atoms with van der Waals surface area (Å²) in [7, 11) is -4.19. The Balaban J connectivity index is 2.05. The van der Waals surface area contributed by atoms with Crippen molar-refractivity contribution < 1.29 is 31.9 Å². The van der Waals surface area contributed by atoms with Crippen molar-refractivity contribution in [2.24, 2.45) is 0 Å². The number of carboxylic acids is 1. The predicted octanol–water partition coefficient (Wildman–Crippen LogP) is 1.48. The van der Waals surface area contributed by atoms with Crippen molar-refractivity contribution in [1.29, 1.82) is 0 Å². The average molecular weight is 343 g/mol. The fourth-order valence-corrected chi connectivity index (χ4v) is 4.24. The monoisotopic (exact) mass is 343 g/mol. The van der Waals surface area contributed by atoms with Crippen molar-refractivity contribution >= 4 is 27.0 Å². The van der Waals surface area contributed by atoms with Gasteiger partial charge < -0.3 is 14.3 Å². The molecule has 1 aromatic carbocycles. The summed E-state index contributed by atoms with van der Waals surface area (Å²) in [6, 6.07) is 3.38. The minimum absolute atomic E-state index is 0.0112. The molecule has 0 saturated carbocycles. The first-order chi connectivity index (χ1) is 10.9. The molecule has 0 spiro atoms. The maximum Gasteiger partial charge on any atom is 0.325 e. The number of furan rings is 1. The van der Waals surface area contributed by atoms with Gasteiger partial charge in [0.2, 0.25) is 10.0 Å². The number of sulfonamides is 1. The number of rotatable bonds is 4. The summed E-state index contributed by atoms with van der Waals surface area (Å²) in [6.07, 6.45) is 1.20. The predicted molar refractivity (Wildman–Crippen MR) is 76.9 cm³/mol. The lowest BCUT2D eigenvalue weighted by atomic mass is 9.92. The van der Waals surface area contributed by atoms with Crippen LogP contribution in [0.25, 0.3) is 11.0 Å². The number of carboxylic acid groups (broad SMARTS) is 1. The first-order valence-corrected chi connectivity index (χ1v) is 8.35. The molecule has 0 unspecified atom stereocenters. The molecule has 0 atom stereocenters. The van der Waals surface area contributed by atoms with Crippen molar-refractivity contribution in [3.8, 4) is 0 Å². The average Bonchev–Trinajstić information content (AvgIpc) is 2.98. The van der Waals surface area contributed by atoms with Crippen LogP contribution >= 0.6 is 0 Å². The Bertz CT molecular complexity index is 853. The molecule has 0 amide bonds. The molecule has 3 rings (SSSR count). The van der Waals surface area contributed by atoms with E-state index in [4.69, 9.17) is 9.15 Å². The highest BCUT2D eigenvalue weighted by Crippen LogP contribution is 2.29. The number of benzene rings is 1. The fourth-order valence-electron chi connectivity index (χ4n) is 2.63. The van der Waals surface area contributed by atoms with Crippen LogP contribution in [-0.2, 0) is 19.6 Å². The number of aliphatic carboxylic acids is 1. The van der Waals surface area contributed by atoms with Crippen molar-refractivity contribution in [3.05, 3.63) is 30.3 Å². The number of ether oxygens (including phenoxy) is 1. The molecular weight excluding hydrogens is 329 g/mol. The van der Waals surface area contributed by atoms with Crippen LogP contribution in [0.2, 0.25) is 0 Å². The van der Waals surface area contributed by atoms with Crippen LogP contribution in [0.5, 0.6) is 0 Å². The molecular formula is C14H14FNO6S. The van der Waals surface area contributed by atoms with E-state index in [0.717, 1.165) is 12.1 Å². The van der Waals surface area contributed by atoms with E-state index in [-0.39, 0.29) is 41.9 Å². The Labute approximate surface area is 131 Å². The lowest BCUT2D eigenvalue weighted by Gasteiger charge is -2.33. The van der Waals surface area contributed by atoms with Gasteiger partial charge in [-0.1, -0.05) is 0 Å². The Morgan fingerprint density at radius 1 is 1.26 bits per heavy atom. The highest BCUT2D eigenvalue weighted by atomic mass is 32.2. The molecule has 2 N–H and O–H groups in total. The number of fused-ring (bicyclic) bond motifs is 1. The summed E-state index contributed by atoms with van der Waals surface area (Å²) in [5.41, 5.74) is -1.83. The van der Waals surface area contributed by atoms with E-state index in [1.54, 1.807) is 0 Å².